The zero-order valence-corrected chi connectivity index (χ0v) is 14.8. The fourth-order valence-electron chi connectivity index (χ4n) is 2.72. The lowest BCUT2D eigenvalue weighted by Gasteiger charge is -2.36. The minimum Gasteiger partial charge on any atom is -0.358 e. The van der Waals surface area contributed by atoms with Gasteiger partial charge in [-0.25, -0.2) is 4.79 Å². The Bertz CT molecular complexity index is 700. The molecule has 0 bridgehead atoms. The molecular formula is C19H22N4OS. The average molecular weight is 354 g/mol. The van der Waals surface area contributed by atoms with Gasteiger partial charge in [0.05, 0.1) is 0 Å². The van der Waals surface area contributed by atoms with E-state index >= 15 is 0 Å². The van der Waals surface area contributed by atoms with Gasteiger partial charge in [0.2, 0.25) is 0 Å². The van der Waals surface area contributed by atoms with Crippen LogP contribution in [0.1, 0.15) is 5.56 Å². The number of carbonyl (C=O) groups is 1. The van der Waals surface area contributed by atoms with Crippen molar-refractivity contribution in [2.45, 2.75) is 6.54 Å². The fourth-order valence-corrected chi connectivity index (χ4v) is 2.98. The van der Waals surface area contributed by atoms with Crippen molar-refractivity contribution in [3.63, 3.8) is 0 Å². The molecule has 2 aromatic rings. The van der Waals surface area contributed by atoms with Gasteiger partial charge in [-0.15, -0.1) is 0 Å². The maximum absolute atomic E-state index is 12.3. The molecule has 0 unspecified atom stereocenters. The second-order valence-corrected chi connectivity index (χ2v) is 6.30. The number of amides is 2. The number of nitrogens with one attached hydrogen (secondary N) is 2. The molecule has 1 aliphatic rings. The number of hydrogen-bond donors (Lipinski definition) is 2. The summed E-state index contributed by atoms with van der Waals surface area (Å²) in [6, 6.07) is 19.6. The van der Waals surface area contributed by atoms with E-state index in [1.807, 2.05) is 53.4 Å². The van der Waals surface area contributed by atoms with E-state index in [1.165, 1.54) is 5.56 Å². The molecule has 0 saturated carbocycles. The van der Waals surface area contributed by atoms with E-state index in [2.05, 4.69) is 27.7 Å². The highest BCUT2D eigenvalue weighted by molar-refractivity contribution is 7.80. The third-order valence-corrected chi connectivity index (χ3v) is 4.57. The van der Waals surface area contributed by atoms with E-state index < -0.39 is 0 Å². The monoisotopic (exact) mass is 354 g/mol. The lowest BCUT2D eigenvalue weighted by atomic mass is 10.2. The number of para-hydroxylation sites is 1. The van der Waals surface area contributed by atoms with Crippen LogP contribution >= 0.6 is 12.2 Å². The summed E-state index contributed by atoms with van der Waals surface area (Å²) in [6.45, 7) is 3.51. The quantitative estimate of drug-likeness (QED) is 0.832. The summed E-state index contributed by atoms with van der Waals surface area (Å²) in [5, 5.41) is 6.96. The van der Waals surface area contributed by atoms with Crippen LogP contribution < -0.4 is 10.6 Å². The average Bonchev–Trinajstić information content (AvgIpc) is 2.68. The minimum atomic E-state index is -0.0611. The molecule has 130 valence electrons. The maximum Gasteiger partial charge on any atom is 0.321 e. The smallest absolute Gasteiger partial charge is 0.321 e. The van der Waals surface area contributed by atoms with Crippen molar-refractivity contribution in [3.05, 3.63) is 66.2 Å². The van der Waals surface area contributed by atoms with Crippen LogP contribution in [0.2, 0.25) is 0 Å². The SMILES string of the molecule is O=C(Nc1ccccc1)N1CCN(C(=S)NCc2ccccc2)CC1. The Kier molecular flexibility index (Phi) is 5.85. The first-order chi connectivity index (χ1) is 12.2. The fraction of sp³-hybridized carbons (Fsp3) is 0.263. The van der Waals surface area contributed by atoms with Crippen molar-refractivity contribution in [2.75, 3.05) is 31.5 Å². The summed E-state index contributed by atoms with van der Waals surface area (Å²) in [5.74, 6) is 0. The van der Waals surface area contributed by atoms with Crippen molar-refractivity contribution >= 4 is 29.0 Å². The zero-order valence-electron chi connectivity index (χ0n) is 14.0. The molecule has 1 aliphatic heterocycles. The molecule has 0 spiro atoms. The van der Waals surface area contributed by atoms with Crippen LogP contribution in [-0.4, -0.2) is 47.1 Å². The predicted octanol–water partition coefficient (Wildman–Crippen LogP) is 2.91. The second-order valence-electron chi connectivity index (χ2n) is 5.91. The van der Waals surface area contributed by atoms with E-state index in [9.17, 15) is 4.79 Å². The molecular weight excluding hydrogens is 332 g/mol. The predicted molar refractivity (Wildman–Crippen MR) is 104 cm³/mol. The molecule has 0 aliphatic carbocycles. The summed E-state index contributed by atoms with van der Waals surface area (Å²) in [4.78, 5) is 16.2. The van der Waals surface area contributed by atoms with Gasteiger partial charge in [-0.2, -0.15) is 0 Å². The summed E-state index contributed by atoms with van der Waals surface area (Å²) >= 11 is 5.48. The van der Waals surface area contributed by atoms with E-state index in [0.29, 0.717) is 19.6 Å². The van der Waals surface area contributed by atoms with E-state index in [0.717, 1.165) is 23.9 Å². The number of anilines is 1. The Balaban J connectivity index is 1.43. The van der Waals surface area contributed by atoms with Crippen LogP contribution in [-0.2, 0) is 6.54 Å². The molecule has 1 fully saturated rings. The van der Waals surface area contributed by atoms with Gasteiger partial charge in [-0.3, -0.25) is 0 Å². The Morgan fingerprint density at radius 1 is 0.880 bits per heavy atom. The van der Waals surface area contributed by atoms with Gasteiger partial charge in [-0.05, 0) is 29.9 Å². The molecule has 1 saturated heterocycles. The lowest BCUT2D eigenvalue weighted by Crippen LogP contribution is -2.53. The minimum absolute atomic E-state index is 0.0611. The van der Waals surface area contributed by atoms with Gasteiger partial charge in [-0.1, -0.05) is 48.5 Å². The normalized spacial score (nSPS) is 14.1. The number of carbonyl (C=O) groups excluding carboxylic acids is 1. The molecule has 6 heteroatoms. The number of urea groups is 1. The first-order valence-electron chi connectivity index (χ1n) is 8.40. The molecule has 25 heavy (non-hydrogen) atoms. The number of piperazine rings is 1. The number of thiocarbonyl (C=S) groups is 1. The highest BCUT2D eigenvalue weighted by atomic mass is 32.1. The molecule has 2 N–H and O–H groups in total. The van der Waals surface area contributed by atoms with Crippen LogP contribution in [0.5, 0.6) is 0 Å². The maximum atomic E-state index is 12.3. The largest absolute Gasteiger partial charge is 0.358 e. The summed E-state index contributed by atoms with van der Waals surface area (Å²) in [7, 11) is 0. The summed E-state index contributed by atoms with van der Waals surface area (Å²) in [5.41, 5.74) is 2.01. The zero-order chi connectivity index (χ0) is 17.5. The van der Waals surface area contributed by atoms with Gasteiger partial charge < -0.3 is 20.4 Å². The molecule has 5 nitrogen and oxygen atoms in total. The van der Waals surface area contributed by atoms with Gasteiger partial charge in [0.15, 0.2) is 5.11 Å². The highest BCUT2D eigenvalue weighted by Gasteiger charge is 2.22. The summed E-state index contributed by atoms with van der Waals surface area (Å²) < 4.78 is 0. The molecule has 2 aromatic carbocycles. The molecule has 2 amide bonds. The Hall–Kier alpha value is -2.60. The topological polar surface area (TPSA) is 47.6 Å². The van der Waals surface area contributed by atoms with Crippen molar-refractivity contribution in [1.29, 1.82) is 0 Å². The van der Waals surface area contributed by atoms with Crippen LogP contribution in [0, 0.1) is 0 Å². The van der Waals surface area contributed by atoms with Crippen molar-refractivity contribution in [3.8, 4) is 0 Å². The van der Waals surface area contributed by atoms with Gasteiger partial charge in [0, 0.05) is 38.4 Å². The number of nitrogens with zero attached hydrogens (tertiary/aromatic N) is 2. The summed E-state index contributed by atoms with van der Waals surface area (Å²) in [6.07, 6.45) is 0. The standard InChI is InChI=1S/C19H22N4OS/c24-18(21-17-9-5-2-6-10-17)22-11-13-23(14-12-22)19(25)20-15-16-7-3-1-4-8-16/h1-10H,11-15H2,(H,20,25)(H,21,24). The second kappa shape index (κ2) is 8.48. The first-order valence-corrected chi connectivity index (χ1v) is 8.81. The Morgan fingerprint density at radius 3 is 2.08 bits per heavy atom. The van der Waals surface area contributed by atoms with Crippen LogP contribution in [0.4, 0.5) is 10.5 Å². The molecule has 0 aromatic heterocycles. The van der Waals surface area contributed by atoms with Crippen LogP contribution in [0.15, 0.2) is 60.7 Å². The molecule has 3 rings (SSSR count). The lowest BCUT2D eigenvalue weighted by molar-refractivity contribution is 0.181. The van der Waals surface area contributed by atoms with Gasteiger partial charge >= 0.3 is 6.03 Å². The third-order valence-electron chi connectivity index (χ3n) is 4.17. The van der Waals surface area contributed by atoms with E-state index in [1.54, 1.807) is 0 Å². The van der Waals surface area contributed by atoms with Crippen molar-refractivity contribution in [1.82, 2.24) is 15.1 Å². The molecule has 0 radical (unpaired) electrons. The molecule has 0 atom stereocenters. The van der Waals surface area contributed by atoms with Crippen LogP contribution in [0.25, 0.3) is 0 Å². The van der Waals surface area contributed by atoms with Crippen LogP contribution in [0.3, 0.4) is 0 Å². The molecule has 1 heterocycles. The van der Waals surface area contributed by atoms with Gasteiger partial charge in [0.1, 0.15) is 0 Å². The van der Waals surface area contributed by atoms with Crippen molar-refractivity contribution < 1.29 is 4.79 Å². The van der Waals surface area contributed by atoms with E-state index in [4.69, 9.17) is 12.2 Å². The third kappa shape index (κ3) is 4.93. The van der Waals surface area contributed by atoms with E-state index in [-0.39, 0.29) is 6.03 Å². The van der Waals surface area contributed by atoms with Crippen molar-refractivity contribution in [2.24, 2.45) is 0 Å². The first kappa shape index (κ1) is 17.2. The Labute approximate surface area is 153 Å². The highest BCUT2D eigenvalue weighted by Crippen LogP contribution is 2.09. The number of hydrogen-bond acceptors (Lipinski definition) is 2. The number of rotatable bonds is 3. The number of benzene rings is 2. The Morgan fingerprint density at radius 2 is 1.44 bits per heavy atom. The van der Waals surface area contributed by atoms with Gasteiger partial charge in [0.25, 0.3) is 0 Å².